The van der Waals surface area contributed by atoms with Gasteiger partial charge in [0, 0.05) is 13.1 Å². The number of benzene rings is 1. The van der Waals surface area contributed by atoms with Gasteiger partial charge >= 0.3 is 0 Å². The summed E-state index contributed by atoms with van der Waals surface area (Å²) in [7, 11) is 0. The molecule has 1 aromatic rings. The molecule has 0 atom stereocenters. The third kappa shape index (κ3) is 3.31. The Hall–Kier alpha value is -1.89. The molecule has 1 saturated heterocycles. The molecule has 2 rings (SSSR count). The summed E-state index contributed by atoms with van der Waals surface area (Å²) in [5, 5.41) is 8.83. The van der Waals surface area contributed by atoms with Gasteiger partial charge in [0.25, 0.3) is 5.91 Å². The topological polar surface area (TPSA) is 44.1 Å². The molecule has 0 aliphatic carbocycles. The highest BCUT2D eigenvalue weighted by Gasteiger charge is 2.20. The second-order valence-electron chi connectivity index (χ2n) is 4.87. The van der Waals surface area contributed by atoms with Gasteiger partial charge in [-0.05, 0) is 31.0 Å². The van der Waals surface area contributed by atoms with E-state index in [2.05, 4.69) is 0 Å². The summed E-state index contributed by atoms with van der Waals surface area (Å²) in [6.07, 6.45) is 5.37. The molecule has 1 fully saturated rings. The monoisotopic (exact) mass is 260 g/mol. The zero-order chi connectivity index (χ0) is 13.7. The van der Waals surface area contributed by atoms with Crippen LogP contribution in [0.25, 0.3) is 0 Å². The van der Waals surface area contributed by atoms with Gasteiger partial charge in [0.15, 0.2) is 0 Å². The van der Waals surface area contributed by atoms with Crippen LogP contribution >= 0.6 is 0 Å². The quantitative estimate of drug-likeness (QED) is 0.778. The summed E-state index contributed by atoms with van der Waals surface area (Å²) in [6, 6.07) is 5.86. The Morgan fingerprint density at radius 3 is 2.42 bits per heavy atom. The fraction of sp³-hybridized carbons (Fsp3) is 0.467. The van der Waals surface area contributed by atoms with E-state index in [1.165, 1.54) is 24.6 Å². The van der Waals surface area contributed by atoms with E-state index in [4.69, 9.17) is 5.26 Å². The van der Waals surface area contributed by atoms with Gasteiger partial charge in [0.2, 0.25) is 0 Å². The first-order chi connectivity index (χ1) is 9.22. The number of carbonyl (C=O) groups excluding carboxylic acids is 1. The van der Waals surface area contributed by atoms with Crippen LogP contribution in [0.4, 0.5) is 4.39 Å². The highest BCUT2D eigenvalue weighted by molar-refractivity contribution is 5.94. The third-order valence-corrected chi connectivity index (χ3v) is 3.47. The number of hydrogen-bond donors (Lipinski definition) is 0. The maximum Gasteiger partial charge on any atom is 0.256 e. The van der Waals surface area contributed by atoms with Gasteiger partial charge in [-0.15, -0.1) is 0 Å². The van der Waals surface area contributed by atoms with Crippen LogP contribution in [0.3, 0.4) is 0 Å². The van der Waals surface area contributed by atoms with Crippen molar-refractivity contribution in [1.29, 1.82) is 5.26 Å². The summed E-state index contributed by atoms with van der Waals surface area (Å²) < 4.78 is 13.7. The van der Waals surface area contributed by atoms with Gasteiger partial charge in [0.1, 0.15) is 5.82 Å². The normalized spacial score (nSPS) is 16.3. The number of nitriles is 1. The average molecular weight is 260 g/mol. The second-order valence-corrected chi connectivity index (χ2v) is 4.87. The summed E-state index contributed by atoms with van der Waals surface area (Å²) in [6.45, 7) is 1.35. The van der Waals surface area contributed by atoms with Crippen LogP contribution in [-0.2, 0) is 0 Å². The Labute approximate surface area is 112 Å². The largest absolute Gasteiger partial charge is 0.339 e. The van der Waals surface area contributed by atoms with Crippen molar-refractivity contribution in [3.63, 3.8) is 0 Å². The number of halogens is 1. The number of rotatable bonds is 1. The highest BCUT2D eigenvalue weighted by Crippen LogP contribution is 2.16. The van der Waals surface area contributed by atoms with E-state index >= 15 is 0 Å². The molecule has 1 heterocycles. The minimum atomic E-state index is -0.550. The summed E-state index contributed by atoms with van der Waals surface area (Å²) in [5.41, 5.74) is 0.330. The van der Waals surface area contributed by atoms with E-state index in [1.807, 2.05) is 6.07 Å². The van der Waals surface area contributed by atoms with Crippen LogP contribution in [0.1, 0.15) is 48.0 Å². The molecule has 0 bridgehead atoms. The molecular weight excluding hydrogens is 243 g/mol. The van der Waals surface area contributed by atoms with Gasteiger partial charge in [-0.25, -0.2) is 4.39 Å². The molecule has 4 heteroatoms. The van der Waals surface area contributed by atoms with Crippen LogP contribution in [0.2, 0.25) is 0 Å². The molecule has 3 nitrogen and oxygen atoms in total. The predicted octanol–water partition coefficient (Wildman–Crippen LogP) is 3.10. The minimum Gasteiger partial charge on any atom is -0.339 e. The van der Waals surface area contributed by atoms with E-state index in [0.717, 1.165) is 25.7 Å². The number of carbonyl (C=O) groups is 1. The first-order valence-electron chi connectivity index (χ1n) is 6.71. The van der Waals surface area contributed by atoms with Crippen LogP contribution in [0.15, 0.2) is 18.2 Å². The fourth-order valence-electron chi connectivity index (χ4n) is 2.38. The fourth-order valence-corrected chi connectivity index (χ4v) is 2.38. The van der Waals surface area contributed by atoms with E-state index < -0.39 is 5.82 Å². The SMILES string of the molecule is N#Cc1ccc(F)c(C(=O)N2CCCCCCC2)c1. The van der Waals surface area contributed by atoms with Crippen LogP contribution < -0.4 is 0 Å². The van der Waals surface area contributed by atoms with Crippen molar-refractivity contribution in [2.75, 3.05) is 13.1 Å². The Bertz CT molecular complexity index is 499. The zero-order valence-corrected chi connectivity index (χ0v) is 10.9. The minimum absolute atomic E-state index is 0.0135. The van der Waals surface area contributed by atoms with Crippen molar-refractivity contribution in [1.82, 2.24) is 4.90 Å². The molecule has 0 unspecified atom stereocenters. The zero-order valence-electron chi connectivity index (χ0n) is 10.9. The molecule has 1 aliphatic heterocycles. The molecule has 0 saturated carbocycles. The maximum absolute atomic E-state index is 13.7. The Morgan fingerprint density at radius 2 is 1.79 bits per heavy atom. The maximum atomic E-state index is 13.7. The van der Waals surface area contributed by atoms with Crippen molar-refractivity contribution >= 4 is 5.91 Å². The van der Waals surface area contributed by atoms with Gasteiger partial charge in [-0.1, -0.05) is 19.3 Å². The van der Waals surface area contributed by atoms with Crippen LogP contribution in [0, 0.1) is 17.1 Å². The van der Waals surface area contributed by atoms with Gasteiger partial charge in [-0.3, -0.25) is 4.79 Å². The highest BCUT2D eigenvalue weighted by atomic mass is 19.1. The Morgan fingerprint density at radius 1 is 1.16 bits per heavy atom. The van der Waals surface area contributed by atoms with E-state index in [9.17, 15) is 9.18 Å². The van der Waals surface area contributed by atoms with Gasteiger partial charge in [-0.2, -0.15) is 5.26 Å². The van der Waals surface area contributed by atoms with E-state index in [1.54, 1.807) is 4.90 Å². The molecule has 0 spiro atoms. The molecule has 100 valence electrons. The number of nitrogens with zero attached hydrogens (tertiary/aromatic N) is 2. The standard InChI is InChI=1S/C15H17FN2O/c16-14-7-6-12(11-17)10-13(14)15(19)18-8-4-2-1-3-5-9-18/h6-7,10H,1-5,8-9H2. The molecule has 19 heavy (non-hydrogen) atoms. The summed E-state index contributed by atoms with van der Waals surface area (Å²) in [4.78, 5) is 14.0. The van der Waals surface area contributed by atoms with Gasteiger partial charge in [0.05, 0.1) is 17.2 Å². The van der Waals surface area contributed by atoms with Crippen molar-refractivity contribution in [3.8, 4) is 6.07 Å². The second kappa shape index (κ2) is 6.33. The molecular formula is C15H17FN2O. The lowest BCUT2D eigenvalue weighted by atomic mass is 10.1. The van der Waals surface area contributed by atoms with Crippen molar-refractivity contribution in [2.45, 2.75) is 32.1 Å². The van der Waals surface area contributed by atoms with Crippen molar-refractivity contribution in [2.24, 2.45) is 0 Å². The average Bonchev–Trinajstić information content (AvgIpc) is 2.38. The lowest BCUT2D eigenvalue weighted by Gasteiger charge is -2.25. The third-order valence-electron chi connectivity index (χ3n) is 3.47. The molecule has 0 radical (unpaired) electrons. The molecule has 1 aromatic carbocycles. The molecule has 1 amide bonds. The Balaban J connectivity index is 2.20. The van der Waals surface area contributed by atoms with Crippen molar-refractivity contribution in [3.05, 3.63) is 35.1 Å². The van der Waals surface area contributed by atoms with E-state index in [0.29, 0.717) is 18.7 Å². The van der Waals surface area contributed by atoms with Gasteiger partial charge < -0.3 is 4.90 Å². The van der Waals surface area contributed by atoms with Crippen LogP contribution in [-0.4, -0.2) is 23.9 Å². The lowest BCUT2D eigenvalue weighted by molar-refractivity contribution is 0.0737. The molecule has 0 aromatic heterocycles. The number of likely N-dealkylation sites (tertiary alicyclic amines) is 1. The van der Waals surface area contributed by atoms with Crippen molar-refractivity contribution < 1.29 is 9.18 Å². The first-order valence-corrected chi connectivity index (χ1v) is 6.71. The molecule has 1 aliphatic rings. The Kier molecular flexibility index (Phi) is 4.51. The molecule has 0 N–H and O–H groups in total. The number of hydrogen-bond acceptors (Lipinski definition) is 2. The number of amides is 1. The smallest absolute Gasteiger partial charge is 0.256 e. The summed E-state index contributed by atoms with van der Waals surface area (Å²) >= 11 is 0. The lowest BCUT2D eigenvalue weighted by Crippen LogP contribution is -2.34. The first kappa shape index (κ1) is 13.5. The summed E-state index contributed by atoms with van der Waals surface area (Å²) in [5.74, 6) is -0.845. The van der Waals surface area contributed by atoms with E-state index in [-0.39, 0.29) is 11.5 Å². The predicted molar refractivity (Wildman–Crippen MR) is 70.1 cm³/mol. The van der Waals surface area contributed by atoms with Crippen LogP contribution in [0.5, 0.6) is 0 Å².